The first-order valence-electron chi connectivity index (χ1n) is 16.6. The molecule has 1 N–H and O–H groups in total. The summed E-state index contributed by atoms with van der Waals surface area (Å²) in [5, 5.41) is 3.10. The van der Waals surface area contributed by atoms with Crippen LogP contribution in [0.1, 0.15) is 61.6 Å². The first kappa shape index (κ1) is 33.2. The number of ether oxygens (including phenoxy) is 1. The fourth-order valence-corrected chi connectivity index (χ4v) is 7.68. The number of hydrogen-bond donors (Lipinski definition) is 1. The van der Waals surface area contributed by atoms with Crippen LogP contribution in [0.15, 0.2) is 42.6 Å². The molecular formula is C36H45F3N6O2. The maximum absolute atomic E-state index is 14.1. The second kappa shape index (κ2) is 13.1. The van der Waals surface area contributed by atoms with Crippen molar-refractivity contribution in [3.8, 4) is 5.75 Å². The van der Waals surface area contributed by atoms with Gasteiger partial charge < -0.3 is 19.9 Å². The summed E-state index contributed by atoms with van der Waals surface area (Å²) in [5.74, 6) is 0.742. The van der Waals surface area contributed by atoms with E-state index in [0.717, 1.165) is 61.3 Å². The molecule has 0 bridgehead atoms. The van der Waals surface area contributed by atoms with Gasteiger partial charge in [0.25, 0.3) is 0 Å². The number of alkyl halides is 3. The lowest BCUT2D eigenvalue weighted by Crippen LogP contribution is -2.57. The Morgan fingerprint density at radius 1 is 1.06 bits per heavy atom. The van der Waals surface area contributed by atoms with Crippen molar-refractivity contribution in [3.63, 3.8) is 0 Å². The fourth-order valence-electron chi connectivity index (χ4n) is 7.68. The van der Waals surface area contributed by atoms with Crippen LogP contribution in [0.2, 0.25) is 0 Å². The molecule has 1 aliphatic carbocycles. The predicted octanol–water partition coefficient (Wildman–Crippen LogP) is 6.04. The molecule has 2 saturated heterocycles. The number of likely N-dealkylation sites (tertiary alicyclic amines) is 1. The van der Waals surface area contributed by atoms with Gasteiger partial charge in [-0.25, -0.2) is 9.97 Å². The molecule has 2 aliphatic heterocycles. The SMILES string of the molecule is COc1cc(N2CCN(C3CCN(C)CC3)[C@H](C)C2)ccc1Nc1ncc(C(F)(F)F)c(CCc2cccc3c2C(C)(C)C(=O)C3)n1. The van der Waals surface area contributed by atoms with Crippen LogP contribution >= 0.6 is 0 Å². The lowest BCUT2D eigenvalue weighted by atomic mass is 9.81. The summed E-state index contributed by atoms with van der Waals surface area (Å²) >= 11 is 0. The van der Waals surface area contributed by atoms with E-state index in [-0.39, 0.29) is 23.8 Å². The molecule has 3 aromatic rings. The van der Waals surface area contributed by atoms with Crippen LogP contribution in [0, 0.1) is 0 Å². The Morgan fingerprint density at radius 3 is 2.53 bits per heavy atom. The molecular weight excluding hydrogens is 605 g/mol. The highest BCUT2D eigenvalue weighted by Crippen LogP contribution is 2.39. The van der Waals surface area contributed by atoms with Gasteiger partial charge in [-0.1, -0.05) is 18.2 Å². The zero-order valence-corrected chi connectivity index (χ0v) is 28.0. The summed E-state index contributed by atoms with van der Waals surface area (Å²) in [7, 11) is 3.77. The minimum Gasteiger partial charge on any atom is -0.494 e. The first-order chi connectivity index (χ1) is 22.3. The van der Waals surface area contributed by atoms with Gasteiger partial charge >= 0.3 is 6.18 Å². The molecule has 3 aliphatic rings. The number of aryl methyl sites for hydroxylation is 2. The summed E-state index contributed by atoms with van der Waals surface area (Å²) in [6.45, 7) is 11.2. The summed E-state index contributed by atoms with van der Waals surface area (Å²) in [6, 6.07) is 12.6. The van der Waals surface area contributed by atoms with Gasteiger partial charge in [0.1, 0.15) is 11.5 Å². The van der Waals surface area contributed by atoms with Crippen molar-refractivity contribution >= 4 is 23.1 Å². The minimum absolute atomic E-state index is 0.0462. The summed E-state index contributed by atoms with van der Waals surface area (Å²) < 4.78 is 47.9. The van der Waals surface area contributed by atoms with Gasteiger partial charge in [-0.05, 0) is 95.4 Å². The number of methoxy groups -OCH3 is 1. The number of nitrogens with zero attached hydrogens (tertiary/aromatic N) is 5. The third kappa shape index (κ3) is 6.83. The van der Waals surface area contributed by atoms with Crippen molar-refractivity contribution in [3.05, 3.63) is 70.5 Å². The van der Waals surface area contributed by atoms with E-state index in [2.05, 4.69) is 44.0 Å². The number of hydrogen-bond acceptors (Lipinski definition) is 8. The van der Waals surface area contributed by atoms with Gasteiger partial charge in [-0.3, -0.25) is 9.69 Å². The Morgan fingerprint density at radius 2 is 1.83 bits per heavy atom. The average molecular weight is 651 g/mol. The number of Topliss-reactive ketones (excluding diaryl/α,β-unsaturated/α-hetero) is 1. The zero-order valence-electron chi connectivity index (χ0n) is 28.0. The maximum Gasteiger partial charge on any atom is 0.419 e. The second-order valence-corrected chi connectivity index (χ2v) is 13.8. The molecule has 3 heterocycles. The van der Waals surface area contributed by atoms with Gasteiger partial charge in [0, 0.05) is 61.5 Å². The van der Waals surface area contributed by atoms with Gasteiger partial charge in [-0.15, -0.1) is 0 Å². The number of halogens is 3. The van der Waals surface area contributed by atoms with E-state index in [9.17, 15) is 18.0 Å². The van der Waals surface area contributed by atoms with Crippen LogP contribution in [0.3, 0.4) is 0 Å². The fraction of sp³-hybridized carbons (Fsp3) is 0.528. The number of aromatic nitrogens is 2. The van der Waals surface area contributed by atoms with Crippen LogP contribution in [-0.4, -0.2) is 84.5 Å². The van der Waals surface area contributed by atoms with Crippen LogP contribution in [0.4, 0.5) is 30.5 Å². The standard InChI is InChI=1S/C36H45F3N6O2/c1-23-22-44(17-18-45(23)26-13-15-43(4)16-14-26)27-10-12-30(31(20-27)47-5)42-34-40-21-28(36(37,38)39)29(41-34)11-9-24-7-6-8-25-19-32(46)35(2,3)33(24)25/h6-8,10,12,20-21,23,26H,9,11,13-19,22H2,1-5H3,(H,40,41,42)/t23-/m1/s1. The minimum atomic E-state index is -4.60. The van der Waals surface area contributed by atoms with Gasteiger partial charge in [-0.2, -0.15) is 13.2 Å². The first-order valence-corrected chi connectivity index (χ1v) is 16.6. The number of carbonyl (C=O) groups is 1. The third-order valence-electron chi connectivity index (χ3n) is 10.3. The second-order valence-electron chi connectivity index (χ2n) is 13.8. The molecule has 47 heavy (non-hydrogen) atoms. The number of fused-ring (bicyclic) bond motifs is 1. The van der Waals surface area contributed by atoms with Gasteiger partial charge in [0.15, 0.2) is 0 Å². The Bertz CT molecular complexity index is 1620. The molecule has 6 rings (SSSR count). The maximum atomic E-state index is 14.1. The number of ketones is 1. The number of piperazine rings is 1. The number of carbonyl (C=O) groups excluding carboxylic acids is 1. The number of nitrogens with one attached hydrogen (secondary N) is 1. The van der Waals surface area contributed by atoms with E-state index in [0.29, 0.717) is 36.4 Å². The number of rotatable bonds is 8. The van der Waals surface area contributed by atoms with Crippen LogP contribution < -0.4 is 15.0 Å². The highest BCUT2D eigenvalue weighted by Gasteiger charge is 2.40. The largest absolute Gasteiger partial charge is 0.494 e. The predicted molar refractivity (Wildman–Crippen MR) is 178 cm³/mol. The lowest BCUT2D eigenvalue weighted by molar-refractivity contribution is -0.138. The smallest absolute Gasteiger partial charge is 0.419 e. The van der Waals surface area contributed by atoms with Gasteiger partial charge in [0.2, 0.25) is 5.95 Å². The Hall–Kier alpha value is -3.70. The summed E-state index contributed by atoms with van der Waals surface area (Å²) in [6.07, 6.45) is -0.632. The van der Waals surface area contributed by atoms with Crippen LogP contribution in [0.5, 0.6) is 5.75 Å². The zero-order chi connectivity index (χ0) is 33.5. The average Bonchev–Trinajstić information content (AvgIpc) is 3.28. The molecule has 11 heteroatoms. The van der Waals surface area contributed by atoms with Gasteiger partial charge in [0.05, 0.1) is 24.1 Å². The molecule has 2 aromatic carbocycles. The van der Waals surface area contributed by atoms with E-state index in [4.69, 9.17) is 4.74 Å². The van der Waals surface area contributed by atoms with Crippen molar-refractivity contribution in [2.24, 2.45) is 0 Å². The molecule has 0 spiro atoms. The Balaban J connectivity index is 1.18. The summed E-state index contributed by atoms with van der Waals surface area (Å²) in [4.78, 5) is 28.5. The third-order valence-corrected chi connectivity index (χ3v) is 10.3. The molecule has 0 amide bonds. The quantitative estimate of drug-likeness (QED) is 0.317. The molecule has 2 fully saturated rings. The van der Waals surface area contributed by atoms with Crippen molar-refractivity contribution in [1.29, 1.82) is 0 Å². The Kier molecular flexibility index (Phi) is 9.24. The topological polar surface area (TPSA) is 73.8 Å². The van der Waals surface area contributed by atoms with Crippen LogP contribution in [0.25, 0.3) is 0 Å². The number of benzene rings is 2. The lowest BCUT2D eigenvalue weighted by Gasteiger charge is -2.46. The molecule has 8 nitrogen and oxygen atoms in total. The van der Waals surface area contributed by atoms with E-state index < -0.39 is 17.2 Å². The molecule has 1 aromatic heterocycles. The molecule has 1 atom stereocenters. The highest BCUT2D eigenvalue weighted by molar-refractivity contribution is 5.96. The van der Waals surface area contributed by atoms with Crippen molar-refractivity contribution in [1.82, 2.24) is 19.8 Å². The molecule has 252 valence electrons. The molecule has 0 unspecified atom stereocenters. The van der Waals surface area contributed by atoms with Crippen molar-refractivity contribution < 1.29 is 22.7 Å². The van der Waals surface area contributed by atoms with Crippen molar-refractivity contribution in [2.75, 3.05) is 57.1 Å². The summed E-state index contributed by atoms with van der Waals surface area (Å²) in [5.41, 5.74) is 2.73. The molecule has 0 radical (unpaired) electrons. The van der Waals surface area contributed by atoms with E-state index in [1.807, 2.05) is 50.2 Å². The van der Waals surface area contributed by atoms with Crippen molar-refractivity contribution in [2.45, 2.75) is 76.6 Å². The number of piperidine rings is 1. The normalized spacial score (nSPS) is 20.8. The van der Waals surface area contributed by atoms with Crippen LogP contribution in [-0.2, 0) is 35.6 Å². The monoisotopic (exact) mass is 650 g/mol. The Labute approximate surface area is 275 Å². The van der Waals surface area contributed by atoms with E-state index >= 15 is 0 Å². The van der Waals surface area contributed by atoms with E-state index in [1.54, 1.807) is 7.11 Å². The number of anilines is 3. The van der Waals surface area contributed by atoms with E-state index in [1.165, 1.54) is 12.8 Å². The highest BCUT2D eigenvalue weighted by atomic mass is 19.4. The molecule has 0 saturated carbocycles.